The van der Waals surface area contributed by atoms with Crippen molar-refractivity contribution in [3.63, 3.8) is 0 Å². The molecule has 144 heavy (non-hydrogen) atoms. The fraction of sp³-hybridized carbons (Fsp3) is 0.437. The van der Waals surface area contributed by atoms with Crippen LogP contribution in [-0.2, 0) is 21.4 Å². The van der Waals surface area contributed by atoms with Crippen molar-refractivity contribution in [1.82, 2.24) is 138 Å². The summed E-state index contributed by atoms with van der Waals surface area (Å²) in [7, 11) is 3.93. The molecule has 12 aromatic heterocycles. The maximum absolute atomic E-state index is 12.1. The van der Waals surface area contributed by atoms with Crippen LogP contribution in [0.15, 0.2) is 178 Å². The molecule has 5 aromatic carbocycles. The Morgan fingerprint density at radius 3 is 0.979 bits per heavy atom. The van der Waals surface area contributed by atoms with Gasteiger partial charge in [-0.3, -0.25) is 42.5 Å². The summed E-state index contributed by atoms with van der Waals surface area (Å²) in [6.07, 6.45) is 56.0. The topological polar surface area (TPSA) is 321 Å². The highest BCUT2D eigenvalue weighted by atomic mass is 35.5. The maximum atomic E-state index is 12.1. The Bertz CT molecular complexity index is 7760. The number of piperidine rings is 3. The Balaban J connectivity index is 0.0000000919. The predicted molar refractivity (Wildman–Crippen MR) is 554 cm³/mol. The smallest absolute Gasteiger partial charge is 0.222 e. The number of carbonyl (C=O) groups is 3. The lowest BCUT2D eigenvalue weighted by Crippen LogP contribution is -2.57. The molecule has 5 saturated carbocycles. The minimum atomic E-state index is 0.0427. The zero-order chi connectivity index (χ0) is 97.1. The van der Waals surface area contributed by atoms with E-state index in [1.165, 1.54) is 64.2 Å². The van der Waals surface area contributed by atoms with E-state index in [-0.39, 0.29) is 34.0 Å². The van der Waals surface area contributed by atoms with Gasteiger partial charge in [-0.15, -0.1) is 10.2 Å². The molecule has 13 fully saturated rings. The number of halogens is 5. The number of hydrogen-bond donors (Lipinski definition) is 2. The molecule has 1 unspecified atom stereocenters. The van der Waals surface area contributed by atoms with Crippen LogP contribution in [0.5, 0.6) is 0 Å². The Labute approximate surface area is 853 Å². The number of anilines is 5. The highest BCUT2D eigenvalue weighted by molar-refractivity contribution is 6.36. The van der Waals surface area contributed by atoms with Crippen LogP contribution in [0.2, 0.25) is 25.1 Å². The van der Waals surface area contributed by atoms with Gasteiger partial charge in [0, 0.05) is 180 Å². The number of aryl methyl sites for hydroxylation is 1. The number of nitrogens with zero attached hydrogens (tertiary/aromatic N) is 31. The van der Waals surface area contributed by atoms with Gasteiger partial charge in [0.1, 0.15) is 40.6 Å². The Kier molecular flexibility index (Phi) is 22.8. The molecule has 13 aliphatic rings. The Morgan fingerprint density at radius 1 is 0.326 bits per heavy atom. The maximum Gasteiger partial charge on any atom is 0.222 e. The summed E-state index contributed by atoms with van der Waals surface area (Å²) in [5.74, 6) is 2.10. The van der Waals surface area contributed by atoms with Gasteiger partial charge < -0.3 is 44.6 Å². The number of nitrogens with one attached hydrogen (secondary N) is 2. The molecular formula is C103H110Cl5N33O3. The Morgan fingerprint density at radius 2 is 0.653 bits per heavy atom. The van der Waals surface area contributed by atoms with Crippen molar-refractivity contribution in [3.8, 4) is 28.4 Å². The number of benzene rings is 5. The lowest BCUT2D eigenvalue weighted by molar-refractivity contribution is -0.126. The van der Waals surface area contributed by atoms with Crippen molar-refractivity contribution < 1.29 is 14.4 Å². The first kappa shape index (κ1) is 90.7. The molecule has 36 nitrogen and oxygen atoms in total. The first-order valence-electron chi connectivity index (χ1n) is 50.6. The molecule has 20 heterocycles. The molecule has 5 aliphatic carbocycles. The largest absolute Gasteiger partial charge is 0.370 e. The average Bonchev–Trinajstić information content (AvgIpc) is 1.54. The van der Waals surface area contributed by atoms with Crippen molar-refractivity contribution in [2.75, 3.05) is 117 Å². The van der Waals surface area contributed by atoms with Gasteiger partial charge in [0.2, 0.25) is 17.7 Å². The van der Waals surface area contributed by atoms with E-state index in [4.69, 9.17) is 58.0 Å². The van der Waals surface area contributed by atoms with Gasteiger partial charge in [0.15, 0.2) is 0 Å². The summed E-state index contributed by atoms with van der Waals surface area (Å²) in [5, 5.41) is 73.1. The third-order valence-electron chi connectivity index (χ3n) is 31.9. The lowest BCUT2D eigenvalue weighted by atomic mass is 9.77. The summed E-state index contributed by atoms with van der Waals surface area (Å²) < 4.78 is 24.1. The highest BCUT2D eigenvalue weighted by Crippen LogP contribution is 2.50. The van der Waals surface area contributed by atoms with Crippen molar-refractivity contribution in [2.45, 2.75) is 171 Å². The van der Waals surface area contributed by atoms with E-state index in [0.717, 1.165) is 272 Å². The third kappa shape index (κ3) is 17.6. The molecule has 0 bridgehead atoms. The zero-order valence-corrected chi connectivity index (χ0v) is 83.9. The molecule has 0 radical (unpaired) electrons. The summed E-state index contributed by atoms with van der Waals surface area (Å²) in [6, 6.07) is 26.0. The molecule has 740 valence electrons. The third-order valence-corrected chi connectivity index (χ3v) is 33.4. The summed E-state index contributed by atoms with van der Waals surface area (Å²) >= 11 is 33.2. The second kappa shape index (κ2) is 36.2. The van der Waals surface area contributed by atoms with E-state index in [1.54, 1.807) is 6.33 Å². The predicted octanol–water partition coefficient (Wildman–Crippen LogP) is 17.1. The average molecular weight is 2040 g/mol. The van der Waals surface area contributed by atoms with Gasteiger partial charge in [-0.2, -0.15) is 56.1 Å². The number of hydrogen-bond acceptors (Lipinski definition) is 21. The number of likely N-dealkylation sites (tertiary alicyclic amines) is 1. The Hall–Kier alpha value is -13.3. The quantitative estimate of drug-likeness (QED) is 0.0855. The van der Waals surface area contributed by atoms with Crippen LogP contribution in [0, 0.1) is 16.2 Å². The number of fused-ring (bicyclic) bond motifs is 5. The first-order valence-corrected chi connectivity index (χ1v) is 52.5. The molecule has 8 saturated heterocycles. The fourth-order valence-corrected chi connectivity index (χ4v) is 24.4. The van der Waals surface area contributed by atoms with Crippen molar-refractivity contribution in [3.05, 3.63) is 209 Å². The van der Waals surface area contributed by atoms with E-state index in [1.807, 2.05) is 166 Å². The standard InChI is InChI=1S/C22H25ClN6O.C21H23ClN8.C21H22ClN7.C20H21ClN6O.C19H19ClN6O/c1-26-14-22(10-21(26)30)4-6-27(7-5-22)20-9-19-15(8-18(20)23)11-25-29(19)17-12-24-28(13-17)16-2-3-16;1-27-13-23-26-21(27)14-4-6-28(7-5-14)20-9-19-15(8-18(20)22)10-25-30(19)17-11-24-29(12-17)16-2-3-16;22-19-10-15-12-25-29(18-13-24-28(14-18)16-2-3-16)20(15)11-21(19)26-8-4-17(5-9-26)27-7-1-6-23-27;21-16-5-13-8-24-27(15-9-23-26(10-15)14-1-2-14)17(13)6-18(16)25-4-3-20(12-25)7-19(28)22-11-20;20-15-3-12-6-23-26(14-7-22-25(8-14)13-1-2-13)16(12)4-17(15)24-10-19(11-24)5-18(27)21-9-19/h8-9,11-13,16H,2-7,10,14H2,1H3;8-14,16H,2-7H2,1H3;1,6-7,10-14,16-17H,2-5,8-9H2;5-6,8-10,14H,1-4,7,11-12H2,(H,22,28);3-4,6-8,13H,1-2,5,9-11H2,(H,21,27). The van der Waals surface area contributed by atoms with Crippen LogP contribution in [0.3, 0.4) is 0 Å². The van der Waals surface area contributed by atoms with Crippen molar-refractivity contribution in [1.29, 1.82) is 0 Å². The van der Waals surface area contributed by atoms with Crippen LogP contribution in [-0.4, -0.2) is 237 Å². The number of rotatable bonds is 17. The molecule has 3 amide bonds. The van der Waals surface area contributed by atoms with E-state index >= 15 is 0 Å². The van der Waals surface area contributed by atoms with Crippen LogP contribution in [0.1, 0.15) is 176 Å². The highest BCUT2D eigenvalue weighted by Gasteiger charge is 2.50. The second-order valence-corrected chi connectivity index (χ2v) is 44.3. The second-order valence-electron chi connectivity index (χ2n) is 42.3. The van der Waals surface area contributed by atoms with Gasteiger partial charge >= 0.3 is 0 Å². The summed E-state index contributed by atoms with van der Waals surface area (Å²) in [6.45, 7) is 11.5. The molecule has 8 aliphatic heterocycles. The van der Waals surface area contributed by atoms with Gasteiger partial charge in [-0.05, 0) is 176 Å². The minimum Gasteiger partial charge on any atom is -0.370 e. The van der Waals surface area contributed by atoms with Crippen molar-refractivity contribution in [2.24, 2.45) is 23.3 Å². The minimum absolute atomic E-state index is 0.0427. The van der Waals surface area contributed by atoms with E-state index in [9.17, 15) is 14.4 Å². The first-order chi connectivity index (χ1) is 70.1. The van der Waals surface area contributed by atoms with Crippen LogP contribution < -0.4 is 35.1 Å². The van der Waals surface area contributed by atoms with Gasteiger partial charge in [-0.1, -0.05) is 58.0 Å². The SMILES string of the molecule is CN1CC2(CCN(c3cc4c(cnn4-c4cnn(C5CC5)c4)cc3Cl)CC2)CC1=O.Clc1cc2cnn(-c3cnn(C4CC4)c3)c2cc1N1CCC(n2cccn2)CC1.Cn1cnnc1C1CCN(c2cc3c(cnn3-c3cnn(C4CC4)c3)cc2Cl)CC1.O=C1CC2(CCN(c3cc4c(cnn4-c4cnn(C5CC5)c4)cc3Cl)C2)CN1.O=C1CC2(CN1)CN(c1cc3c(cnn3-c3cnn(C4CC4)c3)cc1Cl)C2. The molecule has 1 atom stereocenters. The van der Waals surface area contributed by atoms with Gasteiger partial charge in [0.05, 0.1) is 210 Å². The van der Waals surface area contributed by atoms with Crippen molar-refractivity contribution >= 4 is 159 Å². The van der Waals surface area contributed by atoms with E-state index in [2.05, 4.69) is 183 Å². The summed E-state index contributed by atoms with van der Waals surface area (Å²) in [4.78, 5) is 49.0. The number of carbonyl (C=O) groups excluding carboxylic acids is 3. The molecule has 30 rings (SSSR count). The van der Waals surface area contributed by atoms with E-state index < -0.39 is 0 Å². The van der Waals surface area contributed by atoms with Gasteiger partial charge in [-0.25, -0.2) is 23.4 Å². The van der Waals surface area contributed by atoms with Crippen LogP contribution in [0.4, 0.5) is 28.4 Å². The number of amides is 3. The van der Waals surface area contributed by atoms with Crippen LogP contribution in [0.25, 0.3) is 83.0 Å². The fourth-order valence-electron chi connectivity index (χ4n) is 23.0. The monoisotopic (exact) mass is 2030 g/mol. The summed E-state index contributed by atoms with van der Waals surface area (Å²) in [5.41, 5.74) is 15.6. The molecule has 17 aromatic rings. The zero-order valence-electron chi connectivity index (χ0n) is 80.1. The van der Waals surface area contributed by atoms with E-state index in [0.29, 0.717) is 61.4 Å². The van der Waals surface area contributed by atoms with Crippen LogP contribution >= 0.6 is 58.0 Å². The molecular weight excluding hydrogens is 1920 g/mol. The molecule has 41 heteroatoms. The lowest BCUT2D eigenvalue weighted by Gasteiger charge is -2.48. The molecule has 3 spiro atoms. The molecule has 2 N–H and O–H groups in total. The normalized spacial score (nSPS) is 20.5. The van der Waals surface area contributed by atoms with Gasteiger partial charge in [0.25, 0.3) is 0 Å². The number of aromatic nitrogens is 25.